The van der Waals surface area contributed by atoms with Crippen LogP contribution in [-0.2, 0) is 4.79 Å². The van der Waals surface area contributed by atoms with E-state index >= 15 is 0 Å². The van der Waals surface area contributed by atoms with E-state index in [-0.39, 0.29) is 11.9 Å². The van der Waals surface area contributed by atoms with Gasteiger partial charge < -0.3 is 15.3 Å². The number of aliphatic hydroxyl groups is 1. The van der Waals surface area contributed by atoms with Crippen molar-refractivity contribution in [1.82, 2.24) is 9.88 Å². The maximum atomic E-state index is 11.8. The summed E-state index contributed by atoms with van der Waals surface area (Å²) < 4.78 is 0. The zero-order valence-electron chi connectivity index (χ0n) is 12.9. The lowest BCUT2D eigenvalue weighted by Crippen LogP contribution is -2.37. The van der Waals surface area contributed by atoms with E-state index in [1.807, 2.05) is 18.5 Å². The van der Waals surface area contributed by atoms with Crippen molar-refractivity contribution in [1.29, 1.82) is 0 Å². The molecule has 2 aromatic rings. The van der Waals surface area contributed by atoms with Crippen LogP contribution in [0.2, 0.25) is 0 Å². The summed E-state index contributed by atoms with van der Waals surface area (Å²) in [6.45, 7) is 4.89. The van der Waals surface area contributed by atoms with E-state index in [0.717, 1.165) is 23.1 Å². The molecule has 5 nitrogen and oxygen atoms in total. The van der Waals surface area contributed by atoms with Crippen molar-refractivity contribution in [3.8, 4) is 0 Å². The minimum atomic E-state index is -0.926. The van der Waals surface area contributed by atoms with Crippen molar-refractivity contribution in [2.24, 2.45) is 0 Å². The SMILES string of the molecule is Cc1cncc2cccc(NC3CCN(C(=O)[C@H](C)O)C3)c12. The van der Waals surface area contributed by atoms with Crippen molar-refractivity contribution in [3.63, 3.8) is 0 Å². The molecule has 0 saturated carbocycles. The fourth-order valence-electron chi connectivity index (χ4n) is 3.09. The molecular formula is C17H21N3O2. The molecule has 2 heterocycles. The zero-order chi connectivity index (χ0) is 15.7. The Balaban J connectivity index is 1.79. The first-order valence-electron chi connectivity index (χ1n) is 7.63. The largest absolute Gasteiger partial charge is 0.384 e. The number of aliphatic hydroxyl groups excluding tert-OH is 1. The quantitative estimate of drug-likeness (QED) is 0.909. The number of fused-ring (bicyclic) bond motifs is 1. The fraction of sp³-hybridized carbons (Fsp3) is 0.412. The molecule has 2 atom stereocenters. The Morgan fingerprint density at radius 1 is 1.45 bits per heavy atom. The third-order valence-electron chi connectivity index (χ3n) is 4.19. The molecule has 0 bridgehead atoms. The summed E-state index contributed by atoms with van der Waals surface area (Å²) in [7, 11) is 0. The molecule has 0 radical (unpaired) electrons. The van der Waals surface area contributed by atoms with Crippen LogP contribution in [-0.4, -0.2) is 46.1 Å². The standard InChI is InChI=1S/C17H21N3O2/c1-11-8-18-9-13-4-3-5-15(16(11)13)19-14-6-7-20(10-14)17(22)12(2)21/h3-5,8-9,12,14,19,21H,6-7,10H2,1-2H3/t12-,14?/m0/s1. The van der Waals surface area contributed by atoms with Crippen LogP contribution in [0.25, 0.3) is 10.8 Å². The first-order valence-corrected chi connectivity index (χ1v) is 7.63. The topological polar surface area (TPSA) is 65.5 Å². The first-order chi connectivity index (χ1) is 10.6. The normalized spacial score (nSPS) is 19.4. The van der Waals surface area contributed by atoms with Crippen LogP contribution in [0, 0.1) is 6.92 Å². The molecule has 1 unspecified atom stereocenters. The molecule has 5 heteroatoms. The predicted octanol–water partition coefficient (Wildman–Crippen LogP) is 1.94. The first kappa shape index (κ1) is 14.8. The van der Waals surface area contributed by atoms with Gasteiger partial charge in [-0.25, -0.2) is 0 Å². The van der Waals surface area contributed by atoms with Gasteiger partial charge in [-0.1, -0.05) is 12.1 Å². The van der Waals surface area contributed by atoms with Gasteiger partial charge in [0.25, 0.3) is 5.91 Å². The summed E-state index contributed by atoms with van der Waals surface area (Å²) in [5, 5.41) is 15.3. The van der Waals surface area contributed by atoms with Crippen molar-refractivity contribution < 1.29 is 9.90 Å². The average Bonchev–Trinajstić information content (AvgIpc) is 2.95. The van der Waals surface area contributed by atoms with Gasteiger partial charge in [0.15, 0.2) is 0 Å². The van der Waals surface area contributed by atoms with Crippen LogP contribution in [0.15, 0.2) is 30.6 Å². The van der Waals surface area contributed by atoms with E-state index < -0.39 is 6.10 Å². The van der Waals surface area contributed by atoms with E-state index in [0.29, 0.717) is 13.1 Å². The molecule has 1 aliphatic rings. The number of nitrogens with one attached hydrogen (secondary N) is 1. The van der Waals surface area contributed by atoms with Gasteiger partial charge in [0.05, 0.1) is 0 Å². The fourth-order valence-corrected chi connectivity index (χ4v) is 3.09. The van der Waals surface area contributed by atoms with Crippen LogP contribution >= 0.6 is 0 Å². The van der Waals surface area contributed by atoms with Crippen LogP contribution < -0.4 is 5.32 Å². The number of rotatable bonds is 3. The Labute approximate surface area is 130 Å². The van der Waals surface area contributed by atoms with Crippen molar-refractivity contribution in [2.45, 2.75) is 32.4 Å². The zero-order valence-corrected chi connectivity index (χ0v) is 12.9. The number of pyridine rings is 1. The summed E-state index contributed by atoms with van der Waals surface area (Å²) in [5.41, 5.74) is 2.21. The molecule has 22 heavy (non-hydrogen) atoms. The molecule has 116 valence electrons. The third kappa shape index (κ3) is 2.76. The number of amides is 1. The highest BCUT2D eigenvalue weighted by molar-refractivity contribution is 5.95. The number of anilines is 1. The summed E-state index contributed by atoms with van der Waals surface area (Å²) in [6, 6.07) is 6.34. The summed E-state index contributed by atoms with van der Waals surface area (Å²) in [5.74, 6) is -0.192. The molecular weight excluding hydrogens is 278 g/mol. The summed E-state index contributed by atoms with van der Waals surface area (Å²) in [4.78, 5) is 17.8. The Bertz CT molecular complexity index is 694. The van der Waals surface area contributed by atoms with E-state index in [1.54, 1.807) is 4.90 Å². The van der Waals surface area contributed by atoms with Crippen LogP contribution in [0.5, 0.6) is 0 Å². The number of aryl methyl sites for hydroxylation is 1. The molecule has 1 fully saturated rings. The highest BCUT2D eigenvalue weighted by atomic mass is 16.3. The molecule has 1 aromatic heterocycles. The predicted molar refractivity (Wildman–Crippen MR) is 86.8 cm³/mol. The number of carbonyl (C=O) groups is 1. The van der Waals surface area contributed by atoms with Gasteiger partial charge >= 0.3 is 0 Å². The summed E-state index contributed by atoms with van der Waals surface area (Å²) in [6.07, 6.45) is 3.69. The molecule has 1 amide bonds. The number of hydrogen-bond donors (Lipinski definition) is 2. The number of nitrogens with zero attached hydrogens (tertiary/aromatic N) is 2. The van der Waals surface area contributed by atoms with E-state index in [2.05, 4.69) is 29.4 Å². The Kier molecular flexibility index (Phi) is 3.98. The van der Waals surface area contributed by atoms with Gasteiger partial charge in [-0.15, -0.1) is 0 Å². The van der Waals surface area contributed by atoms with Crippen LogP contribution in [0.3, 0.4) is 0 Å². The lowest BCUT2D eigenvalue weighted by atomic mass is 10.1. The minimum absolute atomic E-state index is 0.192. The highest BCUT2D eigenvalue weighted by Crippen LogP contribution is 2.27. The number of carbonyl (C=O) groups excluding carboxylic acids is 1. The van der Waals surface area contributed by atoms with Gasteiger partial charge in [-0.3, -0.25) is 9.78 Å². The molecule has 3 rings (SSSR count). The third-order valence-corrected chi connectivity index (χ3v) is 4.19. The maximum absolute atomic E-state index is 11.8. The van der Waals surface area contributed by atoms with Gasteiger partial charge in [-0.2, -0.15) is 0 Å². The lowest BCUT2D eigenvalue weighted by Gasteiger charge is -2.20. The Morgan fingerprint density at radius 3 is 3.05 bits per heavy atom. The minimum Gasteiger partial charge on any atom is -0.384 e. The van der Waals surface area contributed by atoms with Gasteiger partial charge in [0, 0.05) is 48.0 Å². The molecule has 0 aliphatic carbocycles. The Hall–Kier alpha value is -2.14. The number of aromatic nitrogens is 1. The molecule has 0 spiro atoms. The van der Waals surface area contributed by atoms with E-state index in [1.165, 1.54) is 12.3 Å². The molecule has 1 aliphatic heterocycles. The van der Waals surface area contributed by atoms with Crippen molar-refractivity contribution in [2.75, 3.05) is 18.4 Å². The van der Waals surface area contributed by atoms with E-state index in [4.69, 9.17) is 0 Å². The monoisotopic (exact) mass is 299 g/mol. The van der Waals surface area contributed by atoms with Gasteiger partial charge in [-0.05, 0) is 31.9 Å². The maximum Gasteiger partial charge on any atom is 0.251 e. The molecule has 1 saturated heterocycles. The second kappa shape index (κ2) is 5.93. The number of likely N-dealkylation sites (tertiary alicyclic amines) is 1. The molecule has 1 aromatic carbocycles. The second-order valence-electron chi connectivity index (χ2n) is 5.95. The van der Waals surface area contributed by atoms with Crippen molar-refractivity contribution >= 4 is 22.4 Å². The Morgan fingerprint density at radius 2 is 2.27 bits per heavy atom. The number of benzene rings is 1. The molecule has 2 N–H and O–H groups in total. The van der Waals surface area contributed by atoms with Gasteiger partial charge in [0.2, 0.25) is 0 Å². The highest BCUT2D eigenvalue weighted by Gasteiger charge is 2.28. The van der Waals surface area contributed by atoms with Gasteiger partial charge in [0.1, 0.15) is 6.10 Å². The second-order valence-corrected chi connectivity index (χ2v) is 5.95. The lowest BCUT2D eigenvalue weighted by molar-refractivity contribution is -0.138. The van der Waals surface area contributed by atoms with Crippen LogP contribution in [0.1, 0.15) is 18.9 Å². The smallest absolute Gasteiger partial charge is 0.251 e. The van der Waals surface area contributed by atoms with Crippen LogP contribution in [0.4, 0.5) is 5.69 Å². The number of hydrogen-bond acceptors (Lipinski definition) is 4. The van der Waals surface area contributed by atoms with Crippen molar-refractivity contribution in [3.05, 3.63) is 36.2 Å². The summed E-state index contributed by atoms with van der Waals surface area (Å²) >= 11 is 0. The average molecular weight is 299 g/mol. The van der Waals surface area contributed by atoms with E-state index in [9.17, 15) is 9.90 Å².